The Bertz CT molecular complexity index is 360. The van der Waals surface area contributed by atoms with E-state index < -0.39 is 12.1 Å². The molecule has 0 saturated carbocycles. The van der Waals surface area contributed by atoms with Gasteiger partial charge in [-0.1, -0.05) is 19.9 Å². The van der Waals surface area contributed by atoms with Crippen LogP contribution in [0.5, 0.6) is 11.5 Å². The van der Waals surface area contributed by atoms with E-state index in [1.807, 2.05) is 13.8 Å². The van der Waals surface area contributed by atoms with E-state index in [-0.39, 0.29) is 11.7 Å². The van der Waals surface area contributed by atoms with Gasteiger partial charge in [-0.2, -0.15) is 0 Å². The van der Waals surface area contributed by atoms with Gasteiger partial charge in [0.1, 0.15) is 11.5 Å². The molecule has 0 spiro atoms. The summed E-state index contributed by atoms with van der Waals surface area (Å²) in [6.07, 6.45) is -0.660. The molecule has 16 heavy (non-hydrogen) atoms. The summed E-state index contributed by atoms with van der Waals surface area (Å²) in [6.45, 7) is 3.73. The van der Waals surface area contributed by atoms with E-state index in [2.05, 4.69) is 4.74 Å². The molecule has 1 atom stereocenters. The minimum absolute atomic E-state index is 0.00482. The molecule has 1 aromatic rings. The number of ether oxygens (including phenoxy) is 2. The predicted molar refractivity (Wildman–Crippen MR) is 59.4 cm³/mol. The van der Waals surface area contributed by atoms with Crippen LogP contribution >= 0.6 is 0 Å². The number of phenols is 1. The highest BCUT2D eigenvalue weighted by Gasteiger charge is 2.24. The molecule has 88 valence electrons. The fourth-order valence-electron chi connectivity index (χ4n) is 1.28. The number of phenolic OH excluding ortho intramolecular Hbond substituents is 1. The van der Waals surface area contributed by atoms with Crippen LogP contribution in [0.25, 0.3) is 0 Å². The number of aromatic hydroxyl groups is 1. The fraction of sp³-hybridized carbons (Fsp3) is 0.417. The summed E-state index contributed by atoms with van der Waals surface area (Å²) >= 11 is 0. The number of esters is 1. The van der Waals surface area contributed by atoms with Crippen molar-refractivity contribution in [1.29, 1.82) is 0 Å². The lowest BCUT2D eigenvalue weighted by Crippen LogP contribution is -2.33. The van der Waals surface area contributed by atoms with E-state index in [1.165, 1.54) is 19.2 Å². The lowest BCUT2D eigenvalue weighted by molar-refractivity contribution is -0.150. The molecule has 1 unspecified atom stereocenters. The molecular weight excluding hydrogens is 208 g/mol. The van der Waals surface area contributed by atoms with Crippen molar-refractivity contribution in [3.8, 4) is 11.5 Å². The van der Waals surface area contributed by atoms with Crippen LogP contribution in [0, 0.1) is 5.92 Å². The molecule has 1 aromatic carbocycles. The van der Waals surface area contributed by atoms with Crippen molar-refractivity contribution in [2.45, 2.75) is 20.0 Å². The molecule has 0 aliphatic heterocycles. The zero-order valence-corrected chi connectivity index (χ0v) is 9.64. The maximum absolute atomic E-state index is 11.4. The van der Waals surface area contributed by atoms with Crippen LogP contribution in [0.4, 0.5) is 0 Å². The van der Waals surface area contributed by atoms with E-state index >= 15 is 0 Å². The summed E-state index contributed by atoms with van der Waals surface area (Å²) < 4.78 is 10.1. The highest BCUT2D eigenvalue weighted by Crippen LogP contribution is 2.21. The van der Waals surface area contributed by atoms with Gasteiger partial charge in [-0.05, 0) is 12.1 Å². The molecule has 0 aliphatic rings. The highest BCUT2D eigenvalue weighted by atomic mass is 16.6. The van der Waals surface area contributed by atoms with Gasteiger partial charge < -0.3 is 14.6 Å². The van der Waals surface area contributed by atoms with Crippen LogP contribution in [0.15, 0.2) is 24.3 Å². The number of methoxy groups -OCH3 is 1. The molecule has 0 fully saturated rings. The van der Waals surface area contributed by atoms with Gasteiger partial charge in [-0.15, -0.1) is 0 Å². The van der Waals surface area contributed by atoms with Gasteiger partial charge in [0.25, 0.3) is 0 Å². The van der Waals surface area contributed by atoms with Gasteiger partial charge in [0.2, 0.25) is 0 Å². The molecule has 0 saturated heterocycles. The van der Waals surface area contributed by atoms with Gasteiger partial charge in [-0.3, -0.25) is 0 Å². The molecule has 1 N–H and O–H groups in total. The second kappa shape index (κ2) is 5.39. The van der Waals surface area contributed by atoms with Gasteiger partial charge in [0, 0.05) is 12.0 Å². The molecule has 4 nitrogen and oxygen atoms in total. The second-order valence-corrected chi connectivity index (χ2v) is 3.80. The molecule has 0 heterocycles. The molecule has 4 heteroatoms. The average molecular weight is 224 g/mol. The second-order valence-electron chi connectivity index (χ2n) is 3.80. The summed E-state index contributed by atoms with van der Waals surface area (Å²) in [5, 5.41) is 9.26. The van der Waals surface area contributed by atoms with Crippen molar-refractivity contribution < 1.29 is 19.4 Å². The van der Waals surface area contributed by atoms with Crippen molar-refractivity contribution in [2.24, 2.45) is 5.92 Å². The van der Waals surface area contributed by atoms with Crippen LogP contribution in [-0.2, 0) is 9.53 Å². The number of carbonyl (C=O) groups excluding carboxylic acids is 1. The summed E-state index contributed by atoms with van der Waals surface area (Å²) in [5.74, 6) is 0.127. The minimum atomic E-state index is -0.660. The SMILES string of the molecule is COC(=O)C(Oc1cccc(O)c1)C(C)C. The predicted octanol–water partition coefficient (Wildman–Crippen LogP) is 1.97. The Morgan fingerprint density at radius 1 is 1.38 bits per heavy atom. The summed E-state index contributed by atoms with van der Waals surface area (Å²) in [5.41, 5.74) is 0. The summed E-state index contributed by atoms with van der Waals surface area (Å²) in [6, 6.07) is 6.32. The topological polar surface area (TPSA) is 55.8 Å². The smallest absolute Gasteiger partial charge is 0.347 e. The zero-order valence-electron chi connectivity index (χ0n) is 9.64. The lowest BCUT2D eigenvalue weighted by Gasteiger charge is -2.20. The quantitative estimate of drug-likeness (QED) is 0.794. The number of hydrogen-bond acceptors (Lipinski definition) is 4. The Morgan fingerprint density at radius 2 is 2.06 bits per heavy atom. The Balaban J connectivity index is 2.79. The van der Waals surface area contributed by atoms with Crippen molar-refractivity contribution in [1.82, 2.24) is 0 Å². The van der Waals surface area contributed by atoms with Crippen molar-refractivity contribution in [2.75, 3.05) is 7.11 Å². The summed E-state index contributed by atoms with van der Waals surface area (Å²) in [4.78, 5) is 11.4. The summed E-state index contributed by atoms with van der Waals surface area (Å²) in [7, 11) is 1.32. The number of rotatable bonds is 4. The Labute approximate surface area is 94.8 Å². The first-order valence-corrected chi connectivity index (χ1v) is 5.08. The standard InChI is InChI=1S/C12H16O4/c1-8(2)11(12(14)15-3)16-10-6-4-5-9(13)7-10/h4-8,11,13H,1-3H3. The molecule has 0 aliphatic carbocycles. The normalized spacial score (nSPS) is 12.2. The third-order valence-electron chi connectivity index (χ3n) is 2.12. The van der Waals surface area contributed by atoms with Crippen LogP contribution in [0.2, 0.25) is 0 Å². The molecule has 0 bridgehead atoms. The number of carbonyl (C=O) groups is 1. The number of benzene rings is 1. The maximum atomic E-state index is 11.4. The van der Waals surface area contributed by atoms with Crippen molar-refractivity contribution in [3.63, 3.8) is 0 Å². The van der Waals surface area contributed by atoms with Crippen LogP contribution in [0.3, 0.4) is 0 Å². The molecule has 0 aromatic heterocycles. The molecule has 0 amide bonds. The Morgan fingerprint density at radius 3 is 2.56 bits per heavy atom. The fourth-order valence-corrected chi connectivity index (χ4v) is 1.28. The molecular formula is C12H16O4. The van der Waals surface area contributed by atoms with Gasteiger partial charge >= 0.3 is 5.97 Å². The minimum Gasteiger partial charge on any atom is -0.508 e. The average Bonchev–Trinajstić information content (AvgIpc) is 2.24. The van der Waals surface area contributed by atoms with Gasteiger partial charge in [-0.25, -0.2) is 4.79 Å². The van der Waals surface area contributed by atoms with E-state index in [4.69, 9.17) is 4.74 Å². The van der Waals surface area contributed by atoms with E-state index in [9.17, 15) is 9.90 Å². The largest absolute Gasteiger partial charge is 0.508 e. The first kappa shape index (κ1) is 12.4. The Hall–Kier alpha value is -1.71. The molecule has 1 rings (SSSR count). The third-order valence-corrected chi connectivity index (χ3v) is 2.12. The van der Waals surface area contributed by atoms with Crippen molar-refractivity contribution in [3.05, 3.63) is 24.3 Å². The Kier molecular flexibility index (Phi) is 4.17. The van der Waals surface area contributed by atoms with E-state index in [0.29, 0.717) is 5.75 Å². The van der Waals surface area contributed by atoms with Crippen LogP contribution < -0.4 is 4.74 Å². The van der Waals surface area contributed by atoms with E-state index in [0.717, 1.165) is 0 Å². The van der Waals surface area contributed by atoms with Crippen LogP contribution in [0.1, 0.15) is 13.8 Å². The van der Waals surface area contributed by atoms with Gasteiger partial charge in [0.05, 0.1) is 7.11 Å². The van der Waals surface area contributed by atoms with Gasteiger partial charge in [0.15, 0.2) is 6.10 Å². The maximum Gasteiger partial charge on any atom is 0.347 e. The van der Waals surface area contributed by atoms with Crippen molar-refractivity contribution >= 4 is 5.97 Å². The monoisotopic (exact) mass is 224 g/mol. The number of hydrogen-bond donors (Lipinski definition) is 1. The first-order valence-electron chi connectivity index (χ1n) is 5.08. The first-order chi connectivity index (χ1) is 7.54. The third kappa shape index (κ3) is 3.15. The lowest BCUT2D eigenvalue weighted by atomic mass is 10.1. The highest BCUT2D eigenvalue weighted by molar-refractivity contribution is 5.75. The zero-order chi connectivity index (χ0) is 12.1. The van der Waals surface area contributed by atoms with Crippen LogP contribution in [-0.4, -0.2) is 24.3 Å². The molecule has 0 radical (unpaired) electrons. The van der Waals surface area contributed by atoms with E-state index in [1.54, 1.807) is 12.1 Å².